The molecule has 0 aromatic heterocycles. The summed E-state index contributed by atoms with van der Waals surface area (Å²) < 4.78 is 0. The number of carbonyl (C=O) groups is 1. The van der Waals surface area contributed by atoms with E-state index >= 15 is 0 Å². The van der Waals surface area contributed by atoms with E-state index in [0.29, 0.717) is 5.57 Å². The van der Waals surface area contributed by atoms with Crippen molar-refractivity contribution in [1.82, 2.24) is 5.32 Å². The van der Waals surface area contributed by atoms with Crippen LogP contribution in [0.15, 0.2) is 11.8 Å². The Morgan fingerprint density at radius 2 is 2.20 bits per heavy atom. The zero-order chi connectivity index (χ0) is 11.7. The highest BCUT2D eigenvalue weighted by Crippen LogP contribution is 2.00. The van der Waals surface area contributed by atoms with Gasteiger partial charge < -0.3 is 15.8 Å². The summed E-state index contributed by atoms with van der Waals surface area (Å²) in [6, 6.07) is 0.282. The van der Waals surface area contributed by atoms with E-state index < -0.39 is 0 Å². The van der Waals surface area contributed by atoms with Crippen LogP contribution in [0.2, 0.25) is 0 Å². The van der Waals surface area contributed by atoms with Crippen molar-refractivity contribution >= 4 is 12.0 Å². The fourth-order valence-electron chi connectivity index (χ4n) is 1.10. The number of allylic oxidation sites excluding steroid dienone is 1. The van der Waals surface area contributed by atoms with Gasteiger partial charge in [0.2, 0.25) is 0 Å². The Hall–Kier alpha value is -1.16. The number of nitrogens with one attached hydrogen (secondary N) is 2. The summed E-state index contributed by atoms with van der Waals surface area (Å²) in [5.74, 6) is -0.273. The molecule has 0 bridgehead atoms. The van der Waals surface area contributed by atoms with Crippen LogP contribution in [0.5, 0.6) is 0 Å². The van der Waals surface area contributed by atoms with Crippen LogP contribution < -0.4 is 5.32 Å². The number of unbranched alkanes of at least 4 members (excludes halogenated alkanes) is 1. The van der Waals surface area contributed by atoms with Gasteiger partial charge in [0.1, 0.15) is 0 Å². The molecule has 15 heavy (non-hydrogen) atoms. The quantitative estimate of drug-likeness (QED) is 0.322. The van der Waals surface area contributed by atoms with E-state index in [1.165, 1.54) is 0 Å². The highest BCUT2D eigenvalue weighted by atomic mass is 16.2. The molecule has 0 saturated carbocycles. The van der Waals surface area contributed by atoms with E-state index in [1.54, 1.807) is 13.1 Å². The SMILES string of the molecule is C/C(=C/N[C@H](C)CCCCO)C(=O)C=N. The van der Waals surface area contributed by atoms with Gasteiger partial charge in [0.05, 0.1) is 6.21 Å². The molecule has 0 radical (unpaired) electrons. The Labute approximate surface area is 90.9 Å². The number of hydrogen-bond acceptors (Lipinski definition) is 4. The molecule has 0 heterocycles. The number of ketones is 1. The van der Waals surface area contributed by atoms with Gasteiger partial charge in [-0.05, 0) is 33.1 Å². The molecule has 0 fully saturated rings. The van der Waals surface area contributed by atoms with E-state index in [9.17, 15) is 4.79 Å². The van der Waals surface area contributed by atoms with Crippen LogP contribution in [0, 0.1) is 5.41 Å². The van der Waals surface area contributed by atoms with Crippen LogP contribution in [0.3, 0.4) is 0 Å². The van der Waals surface area contributed by atoms with Gasteiger partial charge in [0, 0.05) is 24.4 Å². The number of rotatable bonds is 8. The molecule has 1 atom stereocenters. The van der Waals surface area contributed by atoms with Gasteiger partial charge in [-0.2, -0.15) is 0 Å². The van der Waals surface area contributed by atoms with Crippen molar-refractivity contribution in [1.29, 1.82) is 5.41 Å². The van der Waals surface area contributed by atoms with E-state index in [0.717, 1.165) is 25.5 Å². The Bertz CT molecular complexity index is 237. The molecule has 4 nitrogen and oxygen atoms in total. The molecular formula is C11H20N2O2. The van der Waals surface area contributed by atoms with Crippen molar-refractivity contribution in [2.24, 2.45) is 0 Å². The Morgan fingerprint density at radius 1 is 1.53 bits per heavy atom. The predicted molar refractivity (Wildman–Crippen MR) is 61.1 cm³/mol. The Balaban J connectivity index is 3.82. The van der Waals surface area contributed by atoms with Gasteiger partial charge >= 0.3 is 0 Å². The summed E-state index contributed by atoms with van der Waals surface area (Å²) in [4.78, 5) is 11.0. The number of carbonyl (C=O) groups excluding carboxylic acids is 1. The molecular weight excluding hydrogens is 192 g/mol. The molecule has 0 aliphatic rings. The third-order valence-electron chi connectivity index (χ3n) is 2.15. The first-order chi connectivity index (χ1) is 7.11. The molecule has 0 aliphatic heterocycles. The zero-order valence-corrected chi connectivity index (χ0v) is 9.42. The molecule has 0 aromatic carbocycles. The van der Waals surface area contributed by atoms with Gasteiger partial charge in [0.15, 0.2) is 5.78 Å². The molecule has 86 valence electrons. The standard InChI is InChI=1S/C11H20N2O2/c1-9(11(15)7-12)8-13-10(2)5-3-4-6-14/h7-8,10,12-14H,3-6H2,1-2H3/b9-8-,12-7?/t10-/m1/s1. The van der Waals surface area contributed by atoms with Gasteiger partial charge in [-0.3, -0.25) is 4.79 Å². The van der Waals surface area contributed by atoms with Crippen molar-refractivity contribution < 1.29 is 9.90 Å². The molecule has 0 unspecified atom stereocenters. The first-order valence-electron chi connectivity index (χ1n) is 5.20. The molecule has 3 N–H and O–H groups in total. The summed E-state index contributed by atoms with van der Waals surface area (Å²) in [5, 5.41) is 18.5. The molecule has 0 aliphatic carbocycles. The lowest BCUT2D eigenvalue weighted by Crippen LogP contribution is -2.21. The summed E-state index contributed by atoms with van der Waals surface area (Å²) in [5.41, 5.74) is 0.541. The lowest BCUT2D eigenvalue weighted by molar-refractivity contribution is -0.109. The van der Waals surface area contributed by atoms with Gasteiger partial charge in [0.25, 0.3) is 0 Å². The average Bonchev–Trinajstić information content (AvgIpc) is 2.25. The number of aliphatic hydroxyl groups is 1. The maximum atomic E-state index is 11.0. The van der Waals surface area contributed by atoms with Gasteiger partial charge in [-0.1, -0.05) is 0 Å². The molecule has 0 spiro atoms. The average molecular weight is 212 g/mol. The van der Waals surface area contributed by atoms with Crippen molar-refractivity contribution in [3.8, 4) is 0 Å². The predicted octanol–water partition coefficient (Wildman–Crippen LogP) is 1.25. The summed E-state index contributed by atoms with van der Waals surface area (Å²) in [7, 11) is 0. The molecule has 0 aromatic rings. The minimum Gasteiger partial charge on any atom is -0.396 e. The summed E-state index contributed by atoms with van der Waals surface area (Å²) >= 11 is 0. The second kappa shape index (κ2) is 8.17. The van der Waals surface area contributed by atoms with Crippen molar-refractivity contribution in [3.05, 3.63) is 11.8 Å². The van der Waals surface area contributed by atoms with E-state index in [1.807, 2.05) is 6.92 Å². The highest BCUT2D eigenvalue weighted by molar-refractivity contribution is 6.33. The second-order valence-corrected chi connectivity index (χ2v) is 3.62. The monoisotopic (exact) mass is 212 g/mol. The van der Waals surface area contributed by atoms with E-state index in [2.05, 4.69) is 5.32 Å². The number of hydrogen-bond donors (Lipinski definition) is 3. The Morgan fingerprint density at radius 3 is 2.73 bits per heavy atom. The summed E-state index contributed by atoms with van der Waals surface area (Å²) in [6.07, 6.45) is 5.20. The topological polar surface area (TPSA) is 73.2 Å². The third-order valence-corrected chi connectivity index (χ3v) is 2.15. The third kappa shape index (κ3) is 6.85. The lowest BCUT2D eigenvalue weighted by Gasteiger charge is -2.11. The largest absolute Gasteiger partial charge is 0.396 e. The highest BCUT2D eigenvalue weighted by Gasteiger charge is 2.01. The van der Waals surface area contributed by atoms with Crippen LogP contribution in [0.4, 0.5) is 0 Å². The van der Waals surface area contributed by atoms with E-state index in [4.69, 9.17) is 10.5 Å². The molecule has 0 saturated heterocycles. The fraction of sp³-hybridized carbons (Fsp3) is 0.636. The maximum Gasteiger partial charge on any atom is 0.200 e. The normalized spacial score (nSPS) is 13.4. The van der Waals surface area contributed by atoms with Gasteiger partial charge in [-0.15, -0.1) is 0 Å². The maximum absolute atomic E-state index is 11.0. The van der Waals surface area contributed by atoms with E-state index in [-0.39, 0.29) is 18.4 Å². The van der Waals surface area contributed by atoms with Crippen LogP contribution >= 0.6 is 0 Å². The first kappa shape index (κ1) is 13.8. The van der Waals surface area contributed by atoms with Crippen LogP contribution in [-0.4, -0.2) is 29.8 Å². The zero-order valence-electron chi connectivity index (χ0n) is 9.42. The smallest absolute Gasteiger partial charge is 0.200 e. The minimum absolute atomic E-state index is 0.230. The van der Waals surface area contributed by atoms with Crippen LogP contribution in [0.1, 0.15) is 33.1 Å². The van der Waals surface area contributed by atoms with Crippen molar-refractivity contribution in [3.63, 3.8) is 0 Å². The van der Waals surface area contributed by atoms with Crippen LogP contribution in [0.25, 0.3) is 0 Å². The molecule has 0 rings (SSSR count). The minimum atomic E-state index is -0.273. The first-order valence-corrected chi connectivity index (χ1v) is 5.20. The van der Waals surface area contributed by atoms with Crippen molar-refractivity contribution in [2.45, 2.75) is 39.2 Å². The fourth-order valence-corrected chi connectivity index (χ4v) is 1.10. The van der Waals surface area contributed by atoms with Crippen LogP contribution in [-0.2, 0) is 4.79 Å². The number of aliphatic hydroxyl groups excluding tert-OH is 1. The molecule has 4 heteroatoms. The Kier molecular flexibility index (Phi) is 7.54. The lowest BCUT2D eigenvalue weighted by atomic mass is 10.1. The van der Waals surface area contributed by atoms with Crippen molar-refractivity contribution in [2.75, 3.05) is 6.61 Å². The summed E-state index contributed by atoms with van der Waals surface area (Å²) in [6.45, 7) is 3.94. The van der Waals surface area contributed by atoms with Gasteiger partial charge in [-0.25, -0.2) is 0 Å². The number of Topliss-reactive ketones (excluding diaryl/α,β-unsaturated/α-hetero) is 1. The molecule has 0 amide bonds. The second-order valence-electron chi connectivity index (χ2n) is 3.62.